The van der Waals surface area contributed by atoms with Gasteiger partial charge in [0.2, 0.25) is 10.3 Å². The Morgan fingerprint density at radius 3 is 2.15 bits per heavy atom. The highest BCUT2D eigenvalue weighted by molar-refractivity contribution is 6.36. The van der Waals surface area contributed by atoms with Gasteiger partial charge < -0.3 is 4.74 Å². The van der Waals surface area contributed by atoms with Gasteiger partial charge in [-0.3, -0.25) is 10.1 Å². The zero-order valence-corrected chi connectivity index (χ0v) is 7.83. The number of nitro groups is 1. The number of ether oxygens (including phenoxy) is 1. The zero-order chi connectivity index (χ0) is 10.0. The number of nitrogens with zero attached hydrogens (tertiary/aromatic N) is 3. The molecule has 0 aromatic carbocycles. The summed E-state index contributed by atoms with van der Waals surface area (Å²) >= 11 is 10.9. The van der Waals surface area contributed by atoms with Gasteiger partial charge in [-0.25, -0.2) is 0 Å². The molecule has 0 aliphatic carbocycles. The second kappa shape index (κ2) is 3.71. The minimum atomic E-state index is -0.760. The van der Waals surface area contributed by atoms with Gasteiger partial charge >= 0.3 is 11.7 Å². The van der Waals surface area contributed by atoms with Crippen molar-refractivity contribution < 1.29 is 9.66 Å². The Hall–Kier alpha value is -1.14. The van der Waals surface area contributed by atoms with Crippen LogP contribution in [0, 0.1) is 10.1 Å². The molecule has 0 atom stereocenters. The van der Waals surface area contributed by atoms with Crippen molar-refractivity contribution in [1.29, 1.82) is 0 Å². The summed E-state index contributed by atoms with van der Waals surface area (Å²) in [7, 11) is 1.30. The lowest BCUT2D eigenvalue weighted by Gasteiger charge is -1.99. The molecule has 70 valence electrons. The van der Waals surface area contributed by atoms with Gasteiger partial charge in [0.1, 0.15) is 0 Å². The molecule has 0 fully saturated rings. The lowest BCUT2D eigenvalue weighted by Crippen LogP contribution is -1.98. The molecule has 0 spiro atoms. The molecule has 1 heterocycles. The van der Waals surface area contributed by atoms with Crippen LogP contribution in [0.5, 0.6) is 6.01 Å². The fourth-order valence-electron chi connectivity index (χ4n) is 0.626. The fraction of sp³-hybridized carbons (Fsp3) is 0.200. The molecule has 0 aliphatic heterocycles. The first-order valence-corrected chi connectivity index (χ1v) is 3.73. The maximum absolute atomic E-state index is 10.4. The number of hydrogen-bond acceptors (Lipinski definition) is 5. The molecule has 0 saturated carbocycles. The van der Waals surface area contributed by atoms with Crippen LogP contribution >= 0.6 is 23.2 Å². The Balaban J connectivity index is 3.31. The van der Waals surface area contributed by atoms with E-state index in [1.165, 1.54) is 7.11 Å². The van der Waals surface area contributed by atoms with Gasteiger partial charge in [-0.2, -0.15) is 9.97 Å². The van der Waals surface area contributed by atoms with E-state index in [1.54, 1.807) is 0 Å². The molecule has 0 bridgehead atoms. The van der Waals surface area contributed by atoms with Gasteiger partial charge in [0, 0.05) is 0 Å². The molecule has 0 unspecified atom stereocenters. The Morgan fingerprint density at radius 1 is 1.38 bits per heavy atom. The monoisotopic (exact) mass is 223 g/mol. The van der Waals surface area contributed by atoms with Crippen LogP contribution in [0.25, 0.3) is 0 Å². The summed E-state index contributed by atoms with van der Waals surface area (Å²) in [5.41, 5.74) is -0.524. The van der Waals surface area contributed by atoms with Crippen molar-refractivity contribution in [2.45, 2.75) is 0 Å². The second-order valence-corrected chi connectivity index (χ2v) is 2.61. The van der Waals surface area contributed by atoms with Crippen LogP contribution in [0.1, 0.15) is 0 Å². The van der Waals surface area contributed by atoms with Gasteiger partial charge in [0.25, 0.3) is 0 Å². The lowest BCUT2D eigenvalue weighted by molar-refractivity contribution is -0.385. The first-order valence-electron chi connectivity index (χ1n) is 2.97. The van der Waals surface area contributed by atoms with Crippen LogP contribution in [0.2, 0.25) is 10.3 Å². The molecule has 1 aromatic heterocycles. The molecule has 0 aliphatic rings. The van der Waals surface area contributed by atoms with Crippen LogP contribution in [0.4, 0.5) is 5.69 Å². The van der Waals surface area contributed by atoms with Crippen molar-refractivity contribution >= 4 is 28.9 Å². The summed E-state index contributed by atoms with van der Waals surface area (Å²) < 4.78 is 4.60. The Labute approximate surface area is 82.6 Å². The quantitative estimate of drug-likeness (QED) is 0.434. The third-order valence-electron chi connectivity index (χ3n) is 1.14. The van der Waals surface area contributed by atoms with Crippen LogP contribution in [-0.2, 0) is 0 Å². The molecule has 6 nitrogen and oxygen atoms in total. The Bertz CT molecular complexity index is 334. The van der Waals surface area contributed by atoms with E-state index in [1.807, 2.05) is 0 Å². The topological polar surface area (TPSA) is 78.2 Å². The van der Waals surface area contributed by atoms with E-state index < -0.39 is 10.6 Å². The van der Waals surface area contributed by atoms with Crippen LogP contribution in [0.15, 0.2) is 0 Å². The van der Waals surface area contributed by atoms with Crippen molar-refractivity contribution in [3.63, 3.8) is 0 Å². The van der Waals surface area contributed by atoms with Crippen molar-refractivity contribution in [3.05, 3.63) is 20.4 Å². The second-order valence-electron chi connectivity index (χ2n) is 1.90. The van der Waals surface area contributed by atoms with E-state index >= 15 is 0 Å². The number of aromatic nitrogens is 2. The number of rotatable bonds is 2. The van der Waals surface area contributed by atoms with Crippen molar-refractivity contribution in [2.75, 3.05) is 7.11 Å². The van der Waals surface area contributed by atoms with Gasteiger partial charge in [0.15, 0.2) is 0 Å². The predicted molar refractivity (Wildman–Crippen MR) is 45.3 cm³/mol. The number of hydrogen-bond donors (Lipinski definition) is 0. The van der Waals surface area contributed by atoms with Crippen molar-refractivity contribution in [1.82, 2.24) is 9.97 Å². The van der Waals surface area contributed by atoms with E-state index in [0.717, 1.165) is 0 Å². The van der Waals surface area contributed by atoms with E-state index in [0.29, 0.717) is 0 Å². The molecular weight excluding hydrogens is 221 g/mol. The molecule has 0 N–H and O–H groups in total. The maximum Gasteiger partial charge on any atom is 0.343 e. The average Bonchev–Trinajstić information content (AvgIpc) is 2.02. The van der Waals surface area contributed by atoms with E-state index in [-0.39, 0.29) is 16.3 Å². The van der Waals surface area contributed by atoms with Crippen molar-refractivity contribution in [3.8, 4) is 6.01 Å². The summed E-state index contributed by atoms with van der Waals surface area (Å²) in [6.45, 7) is 0. The van der Waals surface area contributed by atoms with Crippen molar-refractivity contribution in [2.24, 2.45) is 0 Å². The van der Waals surface area contributed by atoms with Crippen LogP contribution < -0.4 is 4.74 Å². The minimum Gasteiger partial charge on any atom is -0.467 e. The summed E-state index contributed by atoms with van der Waals surface area (Å²) in [6.07, 6.45) is 0. The Kier molecular flexibility index (Phi) is 2.84. The highest BCUT2D eigenvalue weighted by Gasteiger charge is 2.22. The minimum absolute atomic E-state index is 0.111. The summed E-state index contributed by atoms with van der Waals surface area (Å²) in [5.74, 6) is 0. The third-order valence-corrected chi connectivity index (χ3v) is 1.67. The molecular formula is C5H3Cl2N3O3. The first-order chi connectivity index (χ1) is 6.06. The highest BCUT2D eigenvalue weighted by Crippen LogP contribution is 2.30. The SMILES string of the molecule is COc1nc(Cl)c([N+](=O)[O-])c(Cl)n1. The zero-order valence-electron chi connectivity index (χ0n) is 6.32. The average molecular weight is 224 g/mol. The van der Waals surface area contributed by atoms with Crippen LogP contribution in [-0.4, -0.2) is 22.0 Å². The highest BCUT2D eigenvalue weighted by atomic mass is 35.5. The summed E-state index contributed by atoms with van der Waals surface area (Å²) in [5, 5.41) is 9.67. The van der Waals surface area contributed by atoms with Gasteiger partial charge in [-0.1, -0.05) is 23.2 Å². The molecule has 0 radical (unpaired) electrons. The summed E-state index contributed by atoms with van der Waals surface area (Å²) in [4.78, 5) is 16.6. The number of methoxy groups -OCH3 is 1. The van der Waals surface area contributed by atoms with E-state index in [4.69, 9.17) is 23.2 Å². The smallest absolute Gasteiger partial charge is 0.343 e. The lowest BCUT2D eigenvalue weighted by atomic mass is 10.5. The maximum atomic E-state index is 10.4. The molecule has 0 amide bonds. The van der Waals surface area contributed by atoms with Crippen LogP contribution in [0.3, 0.4) is 0 Å². The normalized spacial score (nSPS) is 9.77. The standard InChI is InChI=1S/C5H3Cl2N3O3/c1-13-5-8-3(6)2(10(11)12)4(7)9-5/h1H3. The van der Waals surface area contributed by atoms with Gasteiger partial charge in [0.05, 0.1) is 12.0 Å². The molecule has 1 aromatic rings. The van der Waals surface area contributed by atoms with Gasteiger partial charge in [-0.15, -0.1) is 0 Å². The third kappa shape index (κ3) is 1.96. The van der Waals surface area contributed by atoms with E-state index in [2.05, 4.69) is 14.7 Å². The first kappa shape index (κ1) is 9.94. The summed E-state index contributed by atoms with van der Waals surface area (Å²) in [6, 6.07) is -0.111. The van der Waals surface area contributed by atoms with Gasteiger partial charge in [-0.05, 0) is 0 Å². The molecule has 1 rings (SSSR count). The number of halogens is 2. The fourth-order valence-corrected chi connectivity index (χ4v) is 1.14. The largest absolute Gasteiger partial charge is 0.467 e. The van der Waals surface area contributed by atoms with E-state index in [9.17, 15) is 10.1 Å². The molecule has 13 heavy (non-hydrogen) atoms. The molecule has 0 saturated heterocycles. The molecule has 8 heteroatoms. The Morgan fingerprint density at radius 2 is 1.85 bits per heavy atom. The predicted octanol–water partition coefficient (Wildman–Crippen LogP) is 1.70.